The number of amides is 1. The van der Waals surface area contributed by atoms with Crippen molar-refractivity contribution in [3.63, 3.8) is 0 Å². The molecule has 2 rings (SSSR count). The summed E-state index contributed by atoms with van der Waals surface area (Å²) in [6.45, 7) is 4.76. The van der Waals surface area contributed by atoms with Crippen molar-refractivity contribution in [2.45, 2.75) is 6.42 Å². The van der Waals surface area contributed by atoms with Crippen LogP contribution in [0.25, 0.3) is 0 Å². The van der Waals surface area contributed by atoms with E-state index in [2.05, 4.69) is 17.2 Å². The van der Waals surface area contributed by atoms with Gasteiger partial charge in [0.1, 0.15) is 0 Å². The first-order valence-electron chi connectivity index (χ1n) is 5.15. The van der Waals surface area contributed by atoms with Gasteiger partial charge in [0.05, 0.1) is 6.54 Å². The molecular formula is C12H13ClN2O. The van der Waals surface area contributed by atoms with Crippen LogP contribution in [-0.2, 0) is 6.42 Å². The van der Waals surface area contributed by atoms with Crippen LogP contribution in [0.5, 0.6) is 0 Å². The summed E-state index contributed by atoms with van der Waals surface area (Å²) < 4.78 is 0. The first-order valence-corrected chi connectivity index (χ1v) is 5.53. The molecule has 2 N–H and O–H groups in total. The SMILES string of the molecule is C=C(Cl)CNC(=O)c1ccc2c(c1)NCC2. The number of benzene rings is 1. The lowest BCUT2D eigenvalue weighted by Gasteiger charge is -2.06. The maximum Gasteiger partial charge on any atom is 0.251 e. The summed E-state index contributed by atoms with van der Waals surface area (Å²) in [4.78, 5) is 11.7. The molecule has 0 aromatic heterocycles. The smallest absolute Gasteiger partial charge is 0.251 e. The molecule has 0 aliphatic carbocycles. The predicted molar refractivity (Wildman–Crippen MR) is 66.0 cm³/mol. The van der Waals surface area contributed by atoms with Gasteiger partial charge in [0.15, 0.2) is 0 Å². The summed E-state index contributed by atoms with van der Waals surface area (Å²) in [6, 6.07) is 5.69. The monoisotopic (exact) mass is 236 g/mol. The maximum atomic E-state index is 11.7. The van der Waals surface area contributed by atoms with E-state index < -0.39 is 0 Å². The lowest BCUT2D eigenvalue weighted by molar-refractivity contribution is 0.0957. The van der Waals surface area contributed by atoms with Crippen LogP contribution in [0.3, 0.4) is 0 Å². The van der Waals surface area contributed by atoms with E-state index in [1.165, 1.54) is 5.56 Å². The Kier molecular flexibility index (Phi) is 3.15. The van der Waals surface area contributed by atoms with Crippen LogP contribution < -0.4 is 10.6 Å². The van der Waals surface area contributed by atoms with Gasteiger partial charge >= 0.3 is 0 Å². The van der Waals surface area contributed by atoms with E-state index in [0.717, 1.165) is 18.7 Å². The van der Waals surface area contributed by atoms with E-state index in [1.807, 2.05) is 18.2 Å². The highest BCUT2D eigenvalue weighted by atomic mass is 35.5. The van der Waals surface area contributed by atoms with Gasteiger partial charge in [-0.3, -0.25) is 4.79 Å². The van der Waals surface area contributed by atoms with Crippen molar-refractivity contribution < 1.29 is 4.79 Å². The van der Waals surface area contributed by atoms with Gasteiger partial charge in [-0.1, -0.05) is 24.2 Å². The van der Waals surface area contributed by atoms with Gasteiger partial charge in [-0.2, -0.15) is 0 Å². The summed E-state index contributed by atoms with van der Waals surface area (Å²) in [5, 5.41) is 6.35. The fourth-order valence-electron chi connectivity index (χ4n) is 1.71. The molecule has 0 fully saturated rings. The molecule has 0 spiro atoms. The Bertz CT molecular complexity index is 443. The quantitative estimate of drug-likeness (QED) is 0.844. The Labute approximate surface area is 99.5 Å². The molecule has 0 unspecified atom stereocenters. The second-order valence-electron chi connectivity index (χ2n) is 3.75. The topological polar surface area (TPSA) is 41.1 Å². The van der Waals surface area contributed by atoms with Gasteiger partial charge < -0.3 is 10.6 Å². The molecule has 1 heterocycles. The van der Waals surface area contributed by atoms with E-state index in [0.29, 0.717) is 17.1 Å². The Morgan fingerprint density at radius 2 is 2.38 bits per heavy atom. The number of fused-ring (bicyclic) bond motifs is 1. The van der Waals surface area contributed by atoms with Gasteiger partial charge in [0.25, 0.3) is 5.91 Å². The Balaban J connectivity index is 2.09. The third-order valence-corrected chi connectivity index (χ3v) is 2.66. The third-order valence-electron chi connectivity index (χ3n) is 2.52. The van der Waals surface area contributed by atoms with Crippen molar-refractivity contribution in [3.8, 4) is 0 Å². The highest BCUT2D eigenvalue weighted by Crippen LogP contribution is 2.23. The number of hydrogen-bond acceptors (Lipinski definition) is 2. The van der Waals surface area contributed by atoms with Crippen molar-refractivity contribution in [2.75, 3.05) is 18.4 Å². The fourth-order valence-corrected chi connectivity index (χ4v) is 1.78. The van der Waals surface area contributed by atoms with Crippen LogP contribution in [0.2, 0.25) is 0 Å². The first kappa shape index (κ1) is 11.0. The zero-order chi connectivity index (χ0) is 11.5. The van der Waals surface area contributed by atoms with E-state index in [-0.39, 0.29) is 5.91 Å². The summed E-state index contributed by atoms with van der Waals surface area (Å²) in [5.41, 5.74) is 2.96. The normalized spacial score (nSPS) is 12.8. The zero-order valence-corrected chi connectivity index (χ0v) is 9.60. The second kappa shape index (κ2) is 4.58. The van der Waals surface area contributed by atoms with Crippen molar-refractivity contribution in [1.82, 2.24) is 5.32 Å². The molecule has 4 heteroatoms. The summed E-state index contributed by atoms with van der Waals surface area (Å²) in [5.74, 6) is -0.127. The molecule has 1 aromatic carbocycles. The van der Waals surface area contributed by atoms with E-state index in [9.17, 15) is 4.79 Å². The summed E-state index contributed by atoms with van der Waals surface area (Å²) in [7, 11) is 0. The average molecular weight is 237 g/mol. The highest BCUT2D eigenvalue weighted by molar-refractivity contribution is 6.29. The molecular weight excluding hydrogens is 224 g/mol. The lowest BCUT2D eigenvalue weighted by Crippen LogP contribution is -2.24. The number of nitrogens with one attached hydrogen (secondary N) is 2. The Morgan fingerprint density at radius 3 is 3.12 bits per heavy atom. The molecule has 0 atom stereocenters. The highest BCUT2D eigenvalue weighted by Gasteiger charge is 2.12. The molecule has 84 valence electrons. The van der Waals surface area contributed by atoms with Crippen molar-refractivity contribution >= 4 is 23.2 Å². The standard InChI is InChI=1S/C12H13ClN2O/c1-8(13)7-15-12(16)10-3-2-9-4-5-14-11(9)6-10/h2-3,6,14H,1,4-5,7H2,(H,15,16). The largest absolute Gasteiger partial charge is 0.384 e. The van der Waals surface area contributed by atoms with Crippen LogP contribution in [0.1, 0.15) is 15.9 Å². The molecule has 0 radical (unpaired) electrons. The van der Waals surface area contributed by atoms with Gasteiger partial charge in [0.2, 0.25) is 0 Å². The minimum atomic E-state index is -0.127. The first-order chi connectivity index (χ1) is 7.66. The minimum Gasteiger partial charge on any atom is -0.384 e. The summed E-state index contributed by atoms with van der Waals surface area (Å²) in [6.07, 6.45) is 1.02. The van der Waals surface area contributed by atoms with Crippen molar-refractivity contribution in [2.24, 2.45) is 0 Å². The number of anilines is 1. The van der Waals surface area contributed by atoms with Gasteiger partial charge in [-0.15, -0.1) is 0 Å². The van der Waals surface area contributed by atoms with Crippen molar-refractivity contribution in [1.29, 1.82) is 0 Å². The number of carbonyl (C=O) groups is 1. The zero-order valence-electron chi connectivity index (χ0n) is 8.85. The number of rotatable bonds is 3. The van der Waals surface area contributed by atoms with E-state index in [4.69, 9.17) is 11.6 Å². The number of carbonyl (C=O) groups excluding carboxylic acids is 1. The van der Waals surface area contributed by atoms with Crippen LogP contribution >= 0.6 is 11.6 Å². The minimum absolute atomic E-state index is 0.127. The third kappa shape index (κ3) is 2.36. The number of hydrogen-bond donors (Lipinski definition) is 2. The molecule has 1 amide bonds. The second-order valence-corrected chi connectivity index (χ2v) is 4.28. The van der Waals surface area contributed by atoms with Crippen LogP contribution in [-0.4, -0.2) is 19.0 Å². The number of halogens is 1. The molecule has 1 aromatic rings. The van der Waals surface area contributed by atoms with E-state index in [1.54, 1.807) is 0 Å². The molecule has 1 aliphatic heterocycles. The molecule has 16 heavy (non-hydrogen) atoms. The van der Waals surface area contributed by atoms with Gasteiger partial charge in [-0.25, -0.2) is 0 Å². The predicted octanol–water partition coefficient (Wildman–Crippen LogP) is 2.14. The molecule has 0 bridgehead atoms. The maximum absolute atomic E-state index is 11.7. The Hall–Kier alpha value is -1.48. The van der Waals surface area contributed by atoms with Gasteiger partial charge in [0, 0.05) is 22.8 Å². The van der Waals surface area contributed by atoms with Crippen molar-refractivity contribution in [3.05, 3.63) is 40.9 Å². The average Bonchev–Trinajstić information content (AvgIpc) is 2.72. The van der Waals surface area contributed by atoms with E-state index >= 15 is 0 Å². The van der Waals surface area contributed by atoms with Gasteiger partial charge in [-0.05, 0) is 24.1 Å². The molecule has 0 saturated heterocycles. The lowest BCUT2D eigenvalue weighted by atomic mass is 10.1. The molecule has 3 nitrogen and oxygen atoms in total. The van der Waals surface area contributed by atoms with Crippen LogP contribution in [0.15, 0.2) is 29.8 Å². The molecule has 1 aliphatic rings. The fraction of sp³-hybridized carbons (Fsp3) is 0.250. The van der Waals surface area contributed by atoms with Crippen LogP contribution in [0.4, 0.5) is 5.69 Å². The Morgan fingerprint density at radius 1 is 1.56 bits per heavy atom. The van der Waals surface area contributed by atoms with Crippen LogP contribution in [0, 0.1) is 0 Å². The summed E-state index contributed by atoms with van der Waals surface area (Å²) >= 11 is 5.58. The molecule has 0 saturated carbocycles.